The minimum Gasteiger partial charge on any atom is -0.362 e. The molecule has 0 amide bonds. The van der Waals surface area contributed by atoms with E-state index < -0.39 is 32.2 Å². The summed E-state index contributed by atoms with van der Waals surface area (Å²) < 4.78 is 64.3. The fourth-order valence-corrected chi connectivity index (χ4v) is 3.94. The third-order valence-electron chi connectivity index (χ3n) is 4.17. The summed E-state index contributed by atoms with van der Waals surface area (Å²) >= 11 is 0. The second-order valence-corrected chi connectivity index (χ2v) is 8.42. The first-order valence-corrected chi connectivity index (χ1v) is 9.70. The van der Waals surface area contributed by atoms with E-state index in [9.17, 15) is 21.6 Å². The zero-order valence-corrected chi connectivity index (χ0v) is 15.7. The zero-order valence-electron chi connectivity index (χ0n) is 14.9. The topological polar surface area (TPSA) is 82.2 Å². The number of anilines is 2. The van der Waals surface area contributed by atoms with E-state index in [4.69, 9.17) is 0 Å². The van der Waals surface area contributed by atoms with Crippen LogP contribution >= 0.6 is 0 Å². The van der Waals surface area contributed by atoms with Crippen LogP contribution in [0.5, 0.6) is 0 Å². The van der Waals surface area contributed by atoms with Crippen LogP contribution in [-0.4, -0.2) is 55.9 Å². The van der Waals surface area contributed by atoms with Gasteiger partial charge in [0.2, 0.25) is 0 Å². The minimum atomic E-state index is -4.75. The maximum atomic E-state index is 13.3. The molecule has 146 valence electrons. The number of hydrogen-bond acceptors (Lipinski definition) is 6. The average Bonchev–Trinajstić information content (AvgIpc) is 3.04. The first-order chi connectivity index (χ1) is 12.5. The summed E-state index contributed by atoms with van der Waals surface area (Å²) in [6, 6.07) is 1.68. The van der Waals surface area contributed by atoms with Crippen LogP contribution in [0, 0.1) is 0 Å². The molecule has 2 aromatic rings. The number of aromatic amines is 1. The predicted molar refractivity (Wildman–Crippen MR) is 97.2 cm³/mol. The van der Waals surface area contributed by atoms with Gasteiger partial charge in [0.05, 0.1) is 21.6 Å². The van der Waals surface area contributed by atoms with Crippen LogP contribution in [-0.2, 0) is 9.84 Å². The molecule has 1 aliphatic rings. The Hall–Kier alpha value is -2.56. The first-order valence-electron chi connectivity index (χ1n) is 8.04. The molecule has 0 radical (unpaired) electrons. The van der Waals surface area contributed by atoms with Gasteiger partial charge in [-0.3, -0.25) is 0 Å². The van der Waals surface area contributed by atoms with E-state index in [1.54, 1.807) is 25.1 Å². The molecule has 0 aromatic carbocycles. The Bertz CT molecular complexity index is 1040. The molecular weight excluding hydrogens is 383 g/mol. The second-order valence-electron chi connectivity index (χ2n) is 6.17. The number of aromatic nitrogens is 3. The van der Waals surface area contributed by atoms with Crippen molar-refractivity contribution in [2.45, 2.75) is 13.1 Å². The number of rotatable bonds is 4. The molecule has 11 heteroatoms. The van der Waals surface area contributed by atoms with Crippen LogP contribution in [0.25, 0.3) is 11.0 Å². The fourth-order valence-electron chi connectivity index (χ4n) is 2.80. The van der Waals surface area contributed by atoms with Gasteiger partial charge in [-0.15, -0.1) is 0 Å². The SMILES string of the molecule is CCS(=O)(=O)C1=CN(c2cc3c(N(C)C)ncnc3[nH]2)CC=C1C(F)(F)F. The third kappa shape index (κ3) is 3.51. The maximum Gasteiger partial charge on any atom is 0.417 e. The molecule has 7 nitrogen and oxygen atoms in total. The standard InChI is InChI=1S/C16H18F3N5O2S/c1-4-27(25,26)12-8-24(6-5-11(12)16(17,18)19)13-7-10-14(22-13)20-9-21-15(10)23(2)3/h5,7-9H,4,6H2,1-3H3,(H,20,21,22). The van der Waals surface area contributed by atoms with Crippen LogP contribution in [0.2, 0.25) is 0 Å². The Morgan fingerprint density at radius 2 is 2.00 bits per heavy atom. The summed E-state index contributed by atoms with van der Waals surface area (Å²) in [5.74, 6) is 0.634. The van der Waals surface area contributed by atoms with E-state index in [0.717, 1.165) is 12.3 Å². The number of nitrogens with one attached hydrogen (secondary N) is 1. The summed E-state index contributed by atoms with van der Waals surface area (Å²) in [6.45, 7) is 1.18. The predicted octanol–water partition coefficient (Wildman–Crippen LogP) is 2.61. The fraction of sp³-hybridized carbons (Fsp3) is 0.375. The summed E-state index contributed by atoms with van der Waals surface area (Å²) in [5, 5.41) is 0.677. The van der Waals surface area contributed by atoms with Crippen LogP contribution in [0.4, 0.5) is 24.8 Å². The van der Waals surface area contributed by atoms with Gasteiger partial charge in [0.25, 0.3) is 0 Å². The summed E-state index contributed by atoms with van der Waals surface area (Å²) in [7, 11) is -0.455. The lowest BCUT2D eigenvalue weighted by atomic mass is 10.2. The number of hydrogen-bond donors (Lipinski definition) is 1. The highest BCUT2D eigenvalue weighted by atomic mass is 32.2. The van der Waals surface area contributed by atoms with Crippen molar-refractivity contribution < 1.29 is 21.6 Å². The summed E-state index contributed by atoms with van der Waals surface area (Å²) in [4.78, 5) is 13.8. The highest BCUT2D eigenvalue weighted by Gasteiger charge is 2.41. The van der Waals surface area contributed by atoms with Crippen molar-refractivity contribution in [3.05, 3.63) is 35.1 Å². The molecule has 0 fully saturated rings. The molecule has 3 rings (SSSR count). The van der Waals surface area contributed by atoms with Crippen molar-refractivity contribution in [1.29, 1.82) is 0 Å². The molecule has 0 saturated carbocycles. The highest BCUT2D eigenvalue weighted by Crippen LogP contribution is 2.37. The van der Waals surface area contributed by atoms with E-state index >= 15 is 0 Å². The minimum absolute atomic E-state index is 0.130. The van der Waals surface area contributed by atoms with Crippen molar-refractivity contribution in [3.8, 4) is 0 Å². The largest absolute Gasteiger partial charge is 0.417 e. The Morgan fingerprint density at radius 1 is 1.30 bits per heavy atom. The molecular formula is C16H18F3N5O2S. The van der Waals surface area contributed by atoms with Gasteiger partial charge < -0.3 is 14.8 Å². The lowest BCUT2D eigenvalue weighted by molar-refractivity contribution is -0.0890. The van der Waals surface area contributed by atoms with Crippen molar-refractivity contribution >= 4 is 32.5 Å². The average molecular weight is 401 g/mol. The molecule has 1 aliphatic heterocycles. The lowest BCUT2D eigenvalue weighted by Crippen LogP contribution is -2.29. The molecule has 3 heterocycles. The van der Waals surface area contributed by atoms with Crippen LogP contribution in [0.1, 0.15) is 6.92 Å². The first kappa shape index (κ1) is 19.2. The third-order valence-corrected chi connectivity index (χ3v) is 5.93. The van der Waals surface area contributed by atoms with Gasteiger partial charge in [0, 0.05) is 26.8 Å². The number of H-pyrrole nitrogens is 1. The van der Waals surface area contributed by atoms with E-state index in [1.807, 2.05) is 0 Å². The van der Waals surface area contributed by atoms with Gasteiger partial charge >= 0.3 is 6.18 Å². The van der Waals surface area contributed by atoms with Crippen LogP contribution in [0.3, 0.4) is 0 Å². The van der Waals surface area contributed by atoms with E-state index in [2.05, 4.69) is 15.0 Å². The molecule has 27 heavy (non-hydrogen) atoms. The molecule has 0 aliphatic carbocycles. The van der Waals surface area contributed by atoms with Gasteiger partial charge in [0.15, 0.2) is 9.84 Å². The molecule has 1 N–H and O–H groups in total. The number of fused-ring (bicyclic) bond motifs is 1. The lowest BCUT2D eigenvalue weighted by Gasteiger charge is -2.26. The van der Waals surface area contributed by atoms with Crippen molar-refractivity contribution in [2.24, 2.45) is 0 Å². The van der Waals surface area contributed by atoms with Gasteiger partial charge in [0.1, 0.15) is 23.6 Å². The van der Waals surface area contributed by atoms with Crippen molar-refractivity contribution in [2.75, 3.05) is 36.2 Å². The van der Waals surface area contributed by atoms with Crippen molar-refractivity contribution in [1.82, 2.24) is 15.0 Å². The van der Waals surface area contributed by atoms with E-state index in [0.29, 0.717) is 22.7 Å². The van der Waals surface area contributed by atoms with E-state index in [-0.39, 0.29) is 6.54 Å². The van der Waals surface area contributed by atoms with Gasteiger partial charge in [-0.2, -0.15) is 13.2 Å². The Labute approximate surface area is 154 Å². The number of alkyl halides is 3. The Balaban J connectivity index is 2.10. The molecule has 0 saturated heterocycles. The number of halogens is 3. The normalized spacial score (nSPS) is 15.7. The van der Waals surface area contributed by atoms with Crippen LogP contribution in [0.15, 0.2) is 35.1 Å². The smallest absolute Gasteiger partial charge is 0.362 e. The maximum absolute atomic E-state index is 13.3. The van der Waals surface area contributed by atoms with Gasteiger partial charge in [-0.1, -0.05) is 13.0 Å². The molecule has 0 unspecified atom stereocenters. The van der Waals surface area contributed by atoms with Gasteiger partial charge in [-0.05, 0) is 6.07 Å². The zero-order chi connectivity index (χ0) is 20.0. The molecule has 0 bridgehead atoms. The highest BCUT2D eigenvalue weighted by molar-refractivity contribution is 7.95. The summed E-state index contributed by atoms with van der Waals surface area (Å²) in [5.41, 5.74) is -0.631. The molecule has 0 spiro atoms. The Kier molecular flexibility index (Phi) is 4.66. The second kappa shape index (κ2) is 6.55. The van der Waals surface area contributed by atoms with Crippen LogP contribution < -0.4 is 9.80 Å². The van der Waals surface area contributed by atoms with Crippen molar-refractivity contribution in [3.63, 3.8) is 0 Å². The number of nitrogens with zero attached hydrogens (tertiary/aromatic N) is 4. The monoisotopic (exact) mass is 401 g/mol. The Morgan fingerprint density at radius 3 is 2.59 bits per heavy atom. The molecule has 0 atom stereocenters. The summed E-state index contributed by atoms with van der Waals surface area (Å²) in [6.07, 6.45) is -1.47. The quantitative estimate of drug-likeness (QED) is 0.848. The molecule has 2 aromatic heterocycles. The van der Waals surface area contributed by atoms with Gasteiger partial charge in [-0.25, -0.2) is 18.4 Å². The number of sulfone groups is 1. The number of allylic oxidation sites excluding steroid dienone is 1. The van der Waals surface area contributed by atoms with E-state index in [1.165, 1.54) is 18.2 Å².